The Bertz CT molecular complexity index is 393. The van der Waals surface area contributed by atoms with Crippen molar-refractivity contribution < 1.29 is 0 Å². The quantitative estimate of drug-likeness (QED) is 0.772. The molecule has 2 rings (SSSR count). The van der Waals surface area contributed by atoms with E-state index in [4.69, 9.17) is 5.10 Å². The summed E-state index contributed by atoms with van der Waals surface area (Å²) in [6.07, 6.45) is 12.5. The second-order valence-electron chi connectivity index (χ2n) is 6.98. The van der Waals surface area contributed by atoms with Crippen LogP contribution in [-0.4, -0.2) is 22.4 Å². The summed E-state index contributed by atoms with van der Waals surface area (Å²) >= 11 is 0. The fourth-order valence-corrected chi connectivity index (χ4v) is 3.55. The molecule has 0 saturated heterocycles. The van der Waals surface area contributed by atoms with Crippen LogP contribution in [0.3, 0.4) is 0 Å². The minimum atomic E-state index is 0.611. The van der Waals surface area contributed by atoms with E-state index in [0.717, 1.165) is 13.0 Å². The van der Waals surface area contributed by atoms with E-state index in [9.17, 15) is 0 Å². The lowest BCUT2D eigenvalue weighted by Gasteiger charge is -2.22. The van der Waals surface area contributed by atoms with Gasteiger partial charge < -0.3 is 5.32 Å². The van der Waals surface area contributed by atoms with Gasteiger partial charge in [-0.1, -0.05) is 33.1 Å². The maximum atomic E-state index is 4.84. The molecule has 3 heteroatoms. The van der Waals surface area contributed by atoms with Gasteiger partial charge in [0.15, 0.2) is 0 Å². The molecule has 3 nitrogen and oxygen atoms in total. The van der Waals surface area contributed by atoms with Crippen molar-refractivity contribution in [2.75, 3.05) is 6.54 Å². The van der Waals surface area contributed by atoms with Crippen LogP contribution >= 0.6 is 0 Å². The zero-order chi connectivity index (χ0) is 15.1. The Balaban J connectivity index is 1.78. The molecule has 1 fully saturated rings. The first-order valence-corrected chi connectivity index (χ1v) is 8.96. The van der Waals surface area contributed by atoms with Crippen LogP contribution in [0.1, 0.15) is 77.5 Å². The van der Waals surface area contributed by atoms with Gasteiger partial charge in [-0.15, -0.1) is 0 Å². The molecule has 1 aliphatic rings. The molecule has 1 aliphatic carbocycles. The monoisotopic (exact) mass is 291 g/mol. The molecule has 0 spiro atoms. The standard InChI is InChI=1S/C18H33N3/c1-4-11-19-16(3)13-15(2)14-17-10-12-21(20-17)18-8-6-5-7-9-18/h10,12,15-16,18-19H,4-9,11,13-14H2,1-3H3. The summed E-state index contributed by atoms with van der Waals surface area (Å²) in [5.74, 6) is 0.694. The van der Waals surface area contributed by atoms with Crippen LogP contribution in [0.25, 0.3) is 0 Å². The van der Waals surface area contributed by atoms with Gasteiger partial charge in [0.1, 0.15) is 0 Å². The second kappa shape index (κ2) is 8.57. The van der Waals surface area contributed by atoms with Crippen LogP contribution in [0.4, 0.5) is 0 Å². The average molecular weight is 291 g/mol. The van der Waals surface area contributed by atoms with Crippen LogP contribution in [0.15, 0.2) is 12.3 Å². The molecule has 0 amide bonds. The smallest absolute Gasteiger partial charge is 0.0627 e. The lowest BCUT2D eigenvalue weighted by atomic mass is 9.96. The molecule has 120 valence electrons. The lowest BCUT2D eigenvalue weighted by Crippen LogP contribution is -2.28. The normalized spacial score (nSPS) is 19.6. The maximum Gasteiger partial charge on any atom is 0.0627 e. The predicted octanol–water partition coefficient (Wildman–Crippen LogP) is 4.35. The SMILES string of the molecule is CCCNC(C)CC(C)Cc1ccn(C2CCCCC2)n1. The third kappa shape index (κ3) is 5.46. The highest BCUT2D eigenvalue weighted by molar-refractivity contribution is 5.01. The van der Waals surface area contributed by atoms with E-state index in [0.29, 0.717) is 18.0 Å². The van der Waals surface area contributed by atoms with Gasteiger partial charge in [-0.25, -0.2) is 0 Å². The van der Waals surface area contributed by atoms with Gasteiger partial charge in [-0.05, 0) is 57.6 Å². The first-order chi connectivity index (χ1) is 10.2. The molecule has 2 atom stereocenters. The summed E-state index contributed by atoms with van der Waals surface area (Å²) in [5, 5.41) is 8.42. The number of hydrogen-bond acceptors (Lipinski definition) is 2. The molecule has 0 bridgehead atoms. The summed E-state index contributed by atoms with van der Waals surface area (Å²) in [6, 6.07) is 3.50. The van der Waals surface area contributed by atoms with Gasteiger partial charge >= 0.3 is 0 Å². The Labute approximate surface area is 130 Å². The molecule has 0 radical (unpaired) electrons. The zero-order valence-corrected chi connectivity index (χ0v) is 14.1. The van der Waals surface area contributed by atoms with Crippen LogP contribution in [0.5, 0.6) is 0 Å². The number of aromatic nitrogens is 2. The van der Waals surface area contributed by atoms with Crippen LogP contribution in [0, 0.1) is 5.92 Å². The van der Waals surface area contributed by atoms with Gasteiger partial charge in [0.25, 0.3) is 0 Å². The molecule has 1 N–H and O–H groups in total. The van der Waals surface area contributed by atoms with Crippen molar-refractivity contribution in [2.24, 2.45) is 5.92 Å². The number of rotatable bonds is 8. The van der Waals surface area contributed by atoms with Crippen molar-refractivity contribution in [3.63, 3.8) is 0 Å². The Morgan fingerprint density at radius 3 is 2.76 bits per heavy atom. The Morgan fingerprint density at radius 2 is 2.05 bits per heavy atom. The summed E-state index contributed by atoms with van der Waals surface area (Å²) in [6.45, 7) is 8.00. The predicted molar refractivity (Wildman–Crippen MR) is 89.6 cm³/mol. The fourth-order valence-electron chi connectivity index (χ4n) is 3.55. The van der Waals surface area contributed by atoms with E-state index < -0.39 is 0 Å². The number of nitrogens with zero attached hydrogens (tertiary/aromatic N) is 2. The van der Waals surface area contributed by atoms with Gasteiger partial charge in [0, 0.05) is 12.2 Å². The third-order valence-corrected chi connectivity index (χ3v) is 4.67. The van der Waals surface area contributed by atoms with Crippen LogP contribution in [-0.2, 0) is 6.42 Å². The summed E-state index contributed by atoms with van der Waals surface area (Å²) in [7, 11) is 0. The van der Waals surface area contributed by atoms with Crippen molar-refractivity contribution in [1.29, 1.82) is 0 Å². The van der Waals surface area contributed by atoms with E-state index in [-0.39, 0.29) is 0 Å². The molecule has 2 unspecified atom stereocenters. The van der Waals surface area contributed by atoms with Crippen molar-refractivity contribution in [1.82, 2.24) is 15.1 Å². The maximum absolute atomic E-state index is 4.84. The summed E-state index contributed by atoms with van der Waals surface area (Å²) in [5.41, 5.74) is 1.27. The zero-order valence-electron chi connectivity index (χ0n) is 14.1. The third-order valence-electron chi connectivity index (χ3n) is 4.67. The number of hydrogen-bond donors (Lipinski definition) is 1. The Kier molecular flexibility index (Phi) is 6.75. The first kappa shape index (κ1) is 16.5. The highest BCUT2D eigenvalue weighted by Gasteiger charge is 2.17. The molecule has 0 aromatic carbocycles. The topological polar surface area (TPSA) is 29.9 Å². The first-order valence-electron chi connectivity index (χ1n) is 8.96. The molecule has 1 heterocycles. The van der Waals surface area contributed by atoms with Crippen molar-refractivity contribution in [3.05, 3.63) is 18.0 Å². The van der Waals surface area contributed by atoms with Crippen molar-refractivity contribution in [2.45, 2.75) is 84.2 Å². The highest BCUT2D eigenvalue weighted by atomic mass is 15.3. The minimum Gasteiger partial charge on any atom is -0.314 e. The van der Waals surface area contributed by atoms with Crippen LogP contribution in [0.2, 0.25) is 0 Å². The average Bonchev–Trinajstić information content (AvgIpc) is 2.94. The highest BCUT2D eigenvalue weighted by Crippen LogP contribution is 2.27. The van der Waals surface area contributed by atoms with E-state index in [1.807, 2.05) is 0 Å². The van der Waals surface area contributed by atoms with Gasteiger partial charge in [0.05, 0.1) is 11.7 Å². The van der Waals surface area contributed by atoms with Crippen molar-refractivity contribution in [3.8, 4) is 0 Å². The second-order valence-corrected chi connectivity index (χ2v) is 6.98. The molecular formula is C18H33N3. The Morgan fingerprint density at radius 1 is 1.29 bits per heavy atom. The molecule has 1 aromatic heterocycles. The molecular weight excluding hydrogens is 258 g/mol. The van der Waals surface area contributed by atoms with E-state index >= 15 is 0 Å². The van der Waals surface area contributed by atoms with Gasteiger partial charge in [-0.3, -0.25) is 4.68 Å². The van der Waals surface area contributed by atoms with E-state index in [2.05, 4.69) is 43.0 Å². The van der Waals surface area contributed by atoms with Crippen molar-refractivity contribution >= 4 is 0 Å². The largest absolute Gasteiger partial charge is 0.314 e. The van der Waals surface area contributed by atoms with Crippen LogP contribution < -0.4 is 5.32 Å². The number of nitrogens with one attached hydrogen (secondary N) is 1. The Hall–Kier alpha value is -0.830. The molecule has 1 aromatic rings. The fraction of sp³-hybridized carbons (Fsp3) is 0.833. The summed E-state index contributed by atoms with van der Waals surface area (Å²) in [4.78, 5) is 0. The minimum absolute atomic E-state index is 0.611. The molecule has 1 saturated carbocycles. The summed E-state index contributed by atoms with van der Waals surface area (Å²) < 4.78 is 2.24. The molecule has 21 heavy (non-hydrogen) atoms. The van der Waals surface area contributed by atoms with Gasteiger partial charge in [-0.2, -0.15) is 5.10 Å². The molecule has 0 aliphatic heterocycles. The van der Waals surface area contributed by atoms with E-state index in [1.54, 1.807) is 0 Å². The van der Waals surface area contributed by atoms with Gasteiger partial charge in [0.2, 0.25) is 0 Å². The lowest BCUT2D eigenvalue weighted by molar-refractivity contribution is 0.326. The van der Waals surface area contributed by atoms with E-state index in [1.165, 1.54) is 50.6 Å².